The highest BCUT2D eigenvalue weighted by molar-refractivity contribution is 7.16. The SMILES string of the molecule is N#Cc1c(NC(=O)CCn2nnc(-c3cccc(Cl)c3)n2)sc2c1CCCC2. The number of carbonyl (C=O) groups excluding carboxylic acids is 1. The molecular weight excluding hydrogens is 396 g/mol. The molecule has 0 bridgehead atoms. The minimum Gasteiger partial charge on any atom is -0.317 e. The number of amides is 1. The number of tetrazole rings is 1. The van der Waals surface area contributed by atoms with Crippen molar-refractivity contribution in [3.63, 3.8) is 0 Å². The van der Waals surface area contributed by atoms with Crippen LogP contribution >= 0.6 is 22.9 Å². The van der Waals surface area contributed by atoms with Crippen molar-refractivity contribution < 1.29 is 4.79 Å². The monoisotopic (exact) mass is 412 g/mol. The van der Waals surface area contributed by atoms with E-state index in [0.717, 1.165) is 36.8 Å². The third-order valence-corrected chi connectivity index (χ3v) is 6.05. The maximum Gasteiger partial charge on any atom is 0.226 e. The van der Waals surface area contributed by atoms with E-state index in [1.807, 2.05) is 12.1 Å². The fourth-order valence-electron chi connectivity index (χ4n) is 3.24. The average Bonchev–Trinajstić information content (AvgIpc) is 3.30. The van der Waals surface area contributed by atoms with Gasteiger partial charge in [-0.3, -0.25) is 4.79 Å². The molecule has 1 aliphatic rings. The number of benzene rings is 1. The molecule has 7 nitrogen and oxygen atoms in total. The number of nitriles is 1. The van der Waals surface area contributed by atoms with Crippen LogP contribution in [-0.4, -0.2) is 26.1 Å². The third kappa shape index (κ3) is 3.91. The van der Waals surface area contributed by atoms with Crippen molar-refractivity contribution in [3.8, 4) is 17.5 Å². The van der Waals surface area contributed by atoms with Crippen molar-refractivity contribution in [1.29, 1.82) is 5.26 Å². The van der Waals surface area contributed by atoms with Gasteiger partial charge < -0.3 is 5.32 Å². The number of thiophene rings is 1. The highest BCUT2D eigenvalue weighted by Gasteiger charge is 2.21. The number of hydrogen-bond donors (Lipinski definition) is 1. The van der Waals surface area contributed by atoms with Crippen LogP contribution in [0.2, 0.25) is 5.02 Å². The molecule has 0 aliphatic heterocycles. The van der Waals surface area contributed by atoms with Crippen molar-refractivity contribution in [2.75, 3.05) is 5.32 Å². The molecule has 2 heterocycles. The van der Waals surface area contributed by atoms with E-state index in [1.165, 1.54) is 21.0 Å². The molecule has 1 aliphatic carbocycles. The first-order valence-corrected chi connectivity index (χ1v) is 10.2. The Morgan fingerprint density at radius 1 is 1.36 bits per heavy atom. The summed E-state index contributed by atoms with van der Waals surface area (Å²) in [6.07, 6.45) is 4.33. The Kier molecular flexibility index (Phi) is 5.37. The standard InChI is InChI=1S/C19H17ClN6OS/c20-13-5-3-4-12(10-13)18-23-25-26(24-18)9-8-17(27)22-19-15(11-21)14-6-1-2-7-16(14)28-19/h3-5,10H,1-2,6-9H2,(H,22,27). The van der Waals surface area contributed by atoms with Gasteiger partial charge in [-0.15, -0.1) is 21.5 Å². The molecule has 0 spiro atoms. The largest absolute Gasteiger partial charge is 0.317 e. The fourth-order valence-corrected chi connectivity index (χ4v) is 4.69. The first-order chi connectivity index (χ1) is 13.6. The molecular formula is C19H17ClN6OS. The molecule has 0 radical (unpaired) electrons. The molecule has 0 saturated heterocycles. The molecule has 3 aromatic rings. The summed E-state index contributed by atoms with van der Waals surface area (Å²) in [6, 6.07) is 9.46. The number of hydrogen-bond acceptors (Lipinski definition) is 6. The summed E-state index contributed by atoms with van der Waals surface area (Å²) >= 11 is 7.51. The Balaban J connectivity index is 1.39. The Morgan fingerprint density at radius 3 is 3.04 bits per heavy atom. The van der Waals surface area contributed by atoms with Crippen LogP contribution in [0.3, 0.4) is 0 Å². The zero-order valence-corrected chi connectivity index (χ0v) is 16.6. The van der Waals surface area contributed by atoms with Gasteiger partial charge in [0, 0.05) is 21.9 Å². The van der Waals surface area contributed by atoms with Gasteiger partial charge in [0.05, 0.1) is 12.1 Å². The lowest BCUT2D eigenvalue weighted by Crippen LogP contribution is -2.15. The number of carbonyl (C=O) groups is 1. The second-order valence-corrected chi connectivity index (χ2v) is 8.09. The summed E-state index contributed by atoms with van der Waals surface area (Å²) in [5.74, 6) is 0.289. The summed E-state index contributed by atoms with van der Waals surface area (Å²) in [5.41, 5.74) is 2.50. The van der Waals surface area contributed by atoms with Crippen LogP contribution in [0.5, 0.6) is 0 Å². The van der Waals surface area contributed by atoms with Crippen LogP contribution in [0.1, 0.15) is 35.3 Å². The van der Waals surface area contributed by atoms with Gasteiger partial charge in [0.2, 0.25) is 11.7 Å². The smallest absolute Gasteiger partial charge is 0.226 e. The second-order valence-electron chi connectivity index (χ2n) is 6.54. The van der Waals surface area contributed by atoms with E-state index >= 15 is 0 Å². The Labute approximate surface area is 170 Å². The molecule has 1 N–H and O–H groups in total. The van der Waals surface area contributed by atoms with E-state index in [2.05, 4.69) is 26.8 Å². The van der Waals surface area contributed by atoms with Gasteiger partial charge in [-0.05, 0) is 48.6 Å². The lowest BCUT2D eigenvalue weighted by atomic mass is 9.96. The molecule has 1 aromatic carbocycles. The summed E-state index contributed by atoms with van der Waals surface area (Å²) in [7, 11) is 0. The molecule has 142 valence electrons. The number of fused-ring (bicyclic) bond motifs is 1. The van der Waals surface area contributed by atoms with Crippen molar-refractivity contribution in [2.45, 2.75) is 38.6 Å². The third-order valence-electron chi connectivity index (χ3n) is 4.61. The number of rotatable bonds is 5. The van der Waals surface area contributed by atoms with Crippen LogP contribution < -0.4 is 5.32 Å². The first-order valence-electron chi connectivity index (χ1n) is 9.02. The highest BCUT2D eigenvalue weighted by Crippen LogP contribution is 2.37. The van der Waals surface area contributed by atoms with E-state index in [4.69, 9.17) is 11.6 Å². The molecule has 9 heteroatoms. The number of aryl methyl sites for hydroxylation is 2. The zero-order chi connectivity index (χ0) is 19.5. The van der Waals surface area contributed by atoms with E-state index in [9.17, 15) is 10.1 Å². The lowest BCUT2D eigenvalue weighted by molar-refractivity contribution is -0.116. The quantitative estimate of drug-likeness (QED) is 0.686. The number of aromatic nitrogens is 4. The molecule has 4 rings (SSSR count). The van der Waals surface area contributed by atoms with Gasteiger partial charge in [0.25, 0.3) is 0 Å². The summed E-state index contributed by atoms with van der Waals surface area (Å²) in [6.45, 7) is 0.298. The summed E-state index contributed by atoms with van der Waals surface area (Å²) in [5, 5.41) is 25.9. The summed E-state index contributed by atoms with van der Waals surface area (Å²) in [4.78, 5) is 15.0. The van der Waals surface area contributed by atoms with Crippen molar-refractivity contribution in [2.24, 2.45) is 0 Å². The summed E-state index contributed by atoms with van der Waals surface area (Å²) < 4.78 is 0. The van der Waals surface area contributed by atoms with Gasteiger partial charge >= 0.3 is 0 Å². The van der Waals surface area contributed by atoms with E-state index in [0.29, 0.717) is 28.0 Å². The zero-order valence-electron chi connectivity index (χ0n) is 15.0. The number of nitrogens with one attached hydrogen (secondary N) is 1. The average molecular weight is 413 g/mol. The van der Waals surface area contributed by atoms with E-state index in [1.54, 1.807) is 12.1 Å². The minimum atomic E-state index is -0.170. The van der Waals surface area contributed by atoms with E-state index < -0.39 is 0 Å². The van der Waals surface area contributed by atoms with Crippen LogP contribution in [0, 0.1) is 11.3 Å². The number of nitrogens with zero attached hydrogens (tertiary/aromatic N) is 5. The van der Waals surface area contributed by atoms with Gasteiger partial charge in [-0.25, -0.2) is 0 Å². The van der Waals surface area contributed by atoms with E-state index in [-0.39, 0.29) is 12.3 Å². The molecule has 2 aromatic heterocycles. The van der Waals surface area contributed by atoms with Crippen LogP contribution in [0.4, 0.5) is 5.00 Å². The van der Waals surface area contributed by atoms with Crippen LogP contribution in [0.15, 0.2) is 24.3 Å². The predicted octanol–water partition coefficient (Wildman–Crippen LogP) is 3.83. The van der Waals surface area contributed by atoms with Crippen molar-refractivity contribution >= 4 is 33.8 Å². The normalized spacial score (nSPS) is 13.0. The van der Waals surface area contributed by atoms with Crippen LogP contribution in [-0.2, 0) is 24.2 Å². The fraction of sp³-hybridized carbons (Fsp3) is 0.316. The Bertz CT molecular complexity index is 1070. The molecule has 0 saturated carbocycles. The maximum atomic E-state index is 12.4. The number of halogens is 1. The Morgan fingerprint density at radius 2 is 2.21 bits per heavy atom. The molecule has 0 atom stereocenters. The topological polar surface area (TPSA) is 96.5 Å². The van der Waals surface area contributed by atoms with Crippen molar-refractivity contribution in [1.82, 2.24) is 20.2 Å². The lowest BCUT2D eigenvalue weighted by Gasteiger charge is -2.09. The first kappa shape index (κ1) is 18.6. The van der Waals surface area contributed by atoms with Gasteiger partial charge in [-0.1, -0.05) is 23.7 Å². The van der Waals surface area contributed by atoms with Gasteiger partial charge in [0.15, 0.2) is 0 Å². The number of anilines is 1. The van der Waals surface area contributed by atoms with Gasteiger partial charge in [0.1, 0.15) is 11.1 Å². The second kappa shape index (κ2) is 8.09. The predicted molar refractivity (Wildman–Crippen MR) is 107 cm³/mol. The molecule has 0 fully saturated rings. The molecule has 1 amide bonds. The molecule has 28 heavy (non-hydrogen) atoms. The highest BCUT2D eigenvalue weighted by atomic mass is 35.5. The Hall–Kier alpha value is -2.76. The van der Waals surface area contributed by atoms with Gasteiger partial charge in [-0.2, -0.15) is 10.1 Å². The minimum absolute atomic E-state index is 0.170. The van der Waals surface area contributed by atoms with Crippen molar-refractivity contribution in [3.05, 3.63) is 45.3 Å². The van der Waals surface area contributed by atoms with Crippen LogP contribution in [0.25, 0.3) is 11.4 Å². The maximum absolute atomic E-state index is 12.4. The molecule has 0 unspecified atom stereocenters.